The topological polar surface area (TPSA) is 76.3 Å². The first-order valence-corrected chi connectivity index (χ1v) is 2.49. The minimum absolute atomic E-state index is 0.324. The highest BCUT2D eigenvalue weighted by atomic mass is 16.6. The van der Waals surface area contributed by atoms with Gasteiger partial charge in [0.05, 0.1) is 11.1 Å². The Morgan fingerprint density at radius 2 is 2.40 bits per heavy atom. The molecule has 0 fully saturated rings. The van der Waals surface area contributed by atoms with Crippen molar-refractivity contribution in [2.45, 2.75) is 0 Å². The quantitative estimate of drug-likeness (QED) is 0.460. The Balaban J connectivity index is 3.15. The molecule has 1 aromatic heterocycles. The summed E-state index contributed by atoms with van der Waals surface area (Å²) in [5.74, 6) is -0.410. The van der Waals surface area contributed by atoms with Crippen LogP contribution in [-0.4, -0.2) is 15.0 Å². The lowest BCUT2D eigenvalue weighted by Crippen LogP contribution is -1.87. The van der Waals surface area contributed by atoms with E-state index in [4.69, 9.17) is 5.11 Å². The highest BCUT2D eigenvalue weighted by Gasteiger charge is 2.10. The van der Waals surface area contributed by atoms with E-state index >= 15 is 0 Å². The number of pyridine rings is 1. The Morgan fingerprint density at radius 1 is 1.70 bits per heavy atom. The summed E-state index contributed by atoms with van der Waals surface area (Å²) in [7, 11) is 0. The molecule has 1 N–H and O–H groups in total. The first-order chi connectivity index (χ1) is 4.72. The molecule has 10 heavy (non-hydrogen) atoms. The number of nitrogens with zero attached hydrogens (tertiary/aromatic N) is 2. The predicted molar refractivity (Wildman–Crippen MR) is 32.6 cm³/mol. The Hall–Kier alpha value is -1.65. The summed E-state index contributed by atoms with van der Waals surface area (Å²) >= 11 is 0. The van der Waals surface area contributed by atoms with Crippen molar-refractivity contribution < 1.29 is 10.0 Å². The predicted octanol–water partition coefficient (Wildman–Crippen LogP) is 0.695. The van der Waals surface area contributed by atoms with E-state index in [0.717, 1.165) is 12.3 Å². The summed E-state index contributed by atoms with van der Waals surface area (Å²) in [6.45, 7) is 0. The van der Waals surface area contributed by atoms with Crippen LogP contribution in [0, 0.1) is 10.1 Å². The molecule has 1 rings (SSSR count). The molecule has 0 radical (unpaired) electrons. The fourth-order valence-corrected chi connectivity index (χ4v) is 0.533. The van der Waals surface area contributed by atoms with Gasteiger partial charge in [-0.25, -0.2) is 0 Å². The van der Waals surface area contributed by atoms with Crippen LogP contribution in [0.5, 0.6) is 5.75 Å². The minimum atomic E-state index is -0.670. The van der Waals surface area contributed by atoms with Crippen molar-refractivity contribution >= 4 is 5.69 Å². The van der Waals surface area contributed by atoms with Gasteiger partial charge in [-0.3, -0.25) is 15.1 Å². The van der Waals surface area contributed by atoms with E-state index in [1.807, 2.05) is 0 Å². The van der Waals surface area contributed by atoms with Crippen LogP contribution in [0.15, 0.2) is 18.5 Å². The van der Waals surface area contributed by atoms with E-state index in [1.165, 1.54) is 6.20 Å². The Bertz CT molecular complexity index is 261. The van der Waals surface area contributed by atoms with Gasteiger partial charge < -0.3 is 5.11 Å². The van der Waals surface area contributed by atoms with Gasteiger partial charge >= 0.3 is 5.69 Å². The highest BCUT2D eigenvalue weighted by molar-refractivity contribution is 5.41. The molecule has 0 saturated carbocycles. The fraction of sp³-hybridized carbons (Fsp3) is 0. The summed E-state index contributed by atoms with van der Waals surface area (Å²) in [6.07, 6.45) is 2.27. The average molecular weight is 140 g/mol. The zero-order chi connectivity index (χ0) is 7.56. The van der Waals surface area contributed by atoms with E-state index in [2.05, 4.69) is 4.98 Å². The Kier molecular flexibility index (Phi) is 1.49. The van der Waals surface area contributed by atoms with Crippen LogP contribution in [0.2, 0.25) is 0 Å². The van der Waals surface area contributed by atoms with Crippen molar-refractivity contribution in [2.24, 2.45) is 0 Å². The number of rotatable bonds is 1. The molecule has 1 aromatic rings. The van der Waals surface area contributed by atoms with Crippen molar-refractivity contribution in [1.82, 2.24) is 4.98 Å². The molecule has 52 valence electrons. The van der Waals surface area contributed by atoms with Gasteiger partial charge in [-0.05, 0) is 0 Å². The van der Waals surface area contributed by atoms with Crippen molar-refractivity contribution in [3.63, 3.8) is 0 Å². The van der Waals surface area contributed by atoms with Gasteiger partial charge in [-0.2, -0.15) is 0 Å². The molecule has 0 aliphatic rings. The van der Waals surface area contributed by atoms with Gasteiger partial charge in [-0.1, -0.05) is 0 Å². The Labute approximate surface area is 56.1 Å². The minimum Gasteiger partial charge on any atom is -0.501 e. The summed E-state index contributed by atoms with van der Waals surface area (Å²) < 4.78 is 0. The Morgan fingerprint density at radius 3 is 2.80 bits per heavy atom. The number of aromatic nitrogens is 1. The molecule has 0 saturated heterocycles. The highest BCUT2D eigenvalue weighted by Crippen LogP contribution is 2.21. The molecule has 0 bridgehead atoms. The summed E-state index contributed by atoms with van der Waals surface area (Å²) in [5, 5.41) is 18.8. The van der Waals surface area contributed by atoms with Gasteiger partial charge in [-0.15, -0.1) is 0 Å². The number of hydrogen-bond acceptors (Lipinski definition) is 4. The molecule has 0 aliphatic heterocycles. The number of hydrogen-bond donors (Lipinski definition) is 1. The van der Waals surface area contributed by atoms with Gasteiger partial charge in [0, 0.05) is 12.3 Å². The average Bonchev–Trinajstić information content (AvgIpc) is 1.88. The largest absolute Gasteiger partial charge is 0.501 e. The van der Waals surface area contributed by atoms with E-state index in [0.29, 0.717) is 0 Å². The van der Waals surface area contributed by atoms with Crippen LogP contribution >= 0.6 is 0 Å². The standard InChI is InChI=1S/C5H4N2O3/c8-5-3-6-2-1-4(5)7(9)10/h1-3,8H. The monoisotopic (exact) mass is 140 g/mol. The maximum Gasteiger partial charge on any atom is 0.313 e. The van der Waals surface area contributed by atoms with Crippen molar-refractivity contribution in [3.05, 3.63) is 28.6 Å². The molecular weight excluding hydrogens is 136 g/mol. The SMILES string of the molecule is O=[N+]([O-])c1ccncc1O. The lowest BCUT2D eigenvalue weighted by atomic mass is 10.4. The van der Waals surface area contributed by atoms with Crippen LogP contribution in [-0.2, 0) is 0 Å². The third-order valence-corrected chi connectivity index (χ3v) is 0.974. The van der Waals surface area contributed by atoms with Gasteiger partial charge in [0.15, 0.2) is 0 Å². The van der Waals surface area contributed by atoms with Gasteiger partial charge in [0.2, 0.25) is 5.75 Å². The summed E-state index contributed by atoms with van der Waals surface area (Å²) in [5.41, 5.74) is -0.324. The normalized spacial score (nSPS) is 9.20. The van der Waals surface area contributed by atoms with Gasteiger partial charge in [0.25, 0.3) is 0 Å². The molecule has 0 unspecified atom stereocenters. The molecule has 0 atom stereocenters. The van der Waals surface area contributed by atoms with Crippen LogP contribution in [0.4, 0.5) is 5.69 Å². The zero-order valence-electron chi connectivity index (χ0n) is 4.89. The molecule has 0 aliphatic carbocycles. The fourth-order valence-electron chi connectivity index (χ4n) is 0.533. The van der Waals surface area contributed by atoms with Crippen LogP contribution in [0.3, 0.4) is 0 Å². The summed E-state index contributed by atoms with van der Waals surface area (Å²) in [4.78, 5) is 12.8. The third-order valence-electron chi connectivity index (χ3n) is 0.974. The van der Waals surface area contributed by atoms with E-state index < -0.39 is 10.7 Å². The second-order valence-electron chi connectivity index (χ2n) is 1.62. The zero-order valence-corrected chi connectivity index (χ0v) is 4.89. The van der Waals surface area contributed by atoms with E-state index in [9.17, 15) is 10.1 Å². The van der Waals surface area contributed by atoms with Gasteiger partial charge in [0.1, 0.15) is 0 Å². The number of aromatic hydroxyl groups is 1. The van der Waals surface area contributed by atoms with Crippen molar-refractivity contribution in [2.75, 3.05) is 0 Å². The first-order valence-electron chi connectivity index (χ1n) is 2.49. The molecule has 0 amide bonds. The molecule has 1 heterocycles. The maximum absolute atomic E-state index is 10.0. The lowest BCUT2D eigenvalue weighted by Gasteiger charge is -1.90. The van der Waals surface area contributed by atoms with Crippen LogP contribution in [0.1, 0.15) is 0 Å². The summed E-state index contributed by atoms with van der Waals surface area (Å²) in [6, 6.07) is 1.13. The second-order valence-corrected chi connectivity index (χ2v) is 1.62. The lowest BCUT2D eigenvalue weighted by molar-refractivity contribution is -0.385. The third kappa shape index (κ3) is 1.02. The molecule has 0 aromatic carbocycles. The van der Waals surface area contributed by atoms with Crippen LogP contribution < -0.4 is 0 Å². The van der Waals surface area contributed by atoms with Crippen molar-refractivity contribution in [3.8, 4) is 5.75 Å². The molecular formula is C5H4N2O3. The van der Waals surface area contributed by atoms with Crippen LogP contribution in [0.25, 0.3) is 0 Å². The first kappa shape index (κ1) is 6.47. The molecule has 5 nitrogen and oxygen atoms in total. The van der Waals surface area contributed by atoms with Crippen molar-refractivity contribution in [1.29, 1.82) is 0 Å². The maximum atomic E-state index is 10.0. The number of nitro groups is 1. The van der Waals surface area contributed by atoms with E-state index in [-0.39, 0.29) is 5.69 Å². The second kappa shape index (κ2) is 2.30. The molecule has 5 heteroatoms. The molecule has 0 spiro atoms. The smallest absolute Gasteiger partial charge is 0.313 e. The van der Waals surface area contributed by atoms with E-state index in [1.54, 1.807) is 0 Å².